The third kappa shape index (κ3) is 4.10. The highest BCUT2D eigenvalue weighted by Crippen LogP contribution is 2.35. The van der Waals surface area contributed by atoms with Crippen molar-refractivity contribution in [1.29, 1.82) is 0 Å². The van der Waals surface area contributed by atoms with Gasteiger partial charge in [-0.25, -0.2) is 4.68 Å². The van der Waals surface area contributed by atoms with Gasteiger partial charge in [0.1, 0.15) is 6.54 Å². The number of methoxy groups -OCH3 is 1. The van der Waals surface area contributed by atoms with E-state index in [2.05, 4.69) is 15.2 Å². The molecule has 10 heteroatoms. The number of hydrogen-bond donors (Lipinski definition) is 0. The van der Waals surface area contributed by atoms with Crippen molar-refractivity contribution < 1.29 is 23.5 Å². The summed E-state index contributed by atoms with van der Waals surface area (Å²) >= 11 is 0. The Morgan fingerprint density at radius 1 is 1.00 bits per heavy atom. The van der Waals surface area contributed by atoms with Crippen molar-refractivity contribution >= 4 is 0 Å². The van der Waals surface area contributed by atoms with Crippen LogP contribution in [0.15, 0.2) is 57.8 Å². The van der Waals surface area contributed by atoms with Crippen molar-refractivity contribution in [2.75, 3.05) is 20.5 Å². The van der Waals surface area contributed by atoms with E-state index in [4.69, 9.17) is 23.5 Å². The maximum atomic E-state index is 12.4. The zero-order chi connectivity index (χ0) is 22.8. The van der Waals surface area contributed by atoms with Gasteiger partial charge in [-0.15, -0.1) is 0 Å². The number of nitrogens with zero attached hydrogens (tertiary/aromatic N) is 4. The van der Waals surface area contributed by atoms with Crippen LogP contribution in [-0.4, -0.2) is 40.4 Å². The molecule has 0 unspecified atom stereocenters. The van der Waals surface area contributed by atoms with E-state index in [9.17, 15) is 4.79 Å². The van der Waals surface area contributed by atoms with Crippen LogP contribution in [0.3, 0.4) is 0 Å². The van der Waals surface area contributed by atoms with E-state index in [1.54, 1.807) is 25.3 Å². The van der Waals surface area contributed by atoms with Gasteiger partial charge < -0.3 is 23.5 Å². The quantitative estimate of drug-likeness (QED) is 0.421. The van der Waals surface area contributed by atoms with Crippen LogP contribution in [0.5, 0.6) is 23.0 Å². The van der Waals surface area contributed by atoms with Crippen molar-refractivity contribution in [1.82, 2.24) is 19.9 Å². The van der Waals surface area contributed by atoms with E-state index in [0.717, 1.165) is 5.56 Å². The van der Waals surface area contributed by atoms with Gasteiger partial charge in [-0.05, 0) is 49.4 Å². The van der Waals surface area contributed by atoms with Gasteiger partial charge in [-0.2, -0.15) is 10.1 Å². The Hall–Kier alpha value is -4.34. The molecular weight excluding hydrogens is 428 g/mol. The fourth-order valence-electron chi connectivity index (χ4n) is 3.42. The molecule has 0 radical (unpaired) electrons. The van der Waals surface area contributed by atoms with Crippen LogP contribution in [0.2, 0.25) is 0 Å². The molecule has 33 heavy (non-hydrogen) atoms. The molecule has 1 aliphatic heterocycles. The number of aromatic nitrogens is 4. The van der Waals surface area contributed by atoms with Gasteiger partial charge in [0.25, 0.3) is 5.56 Å². The van der Waals surface area contributed by atoms with Crippen molar-refractivity contribution in [3.8, 4) is 45.6 Å². The predicted molar refractivity (Wildman–Crippen MR) is 117 cm³/mol. The highest BCUT2D eigenvalue weighted by molar-refractivity contribution is 5.64. The first-order valence-corrected chi connectivity index (χ1v) is 10.3. The molecule has 0 spiro atoms. The normalized spacial score (nSPS) is 12.1. The molecule has 0 saturated carbocycles. The molecule has 4 aromatic rings. The second-order valence-electron chi connectivity index (χ2n) is 7.09. The van der Waals surface area contributed by atoms with Crippen molar-refractivity contribution in [2.45, 2.75) is 13.5 Å². The summed E-state index contributed by atoms with van der Waals surface area (Å²) in [5, 5.41) is 8.48. The van der Waals surface area contributed by atoms with E-state index < -0.39 is 0 Å². The van der Waals surface area contributed by atoms with E-state index >= 15 is 0 Å². The summed E-state index contributed by atoms with van der Waals surface area (Å²) in [6, 6.07) is 14.0. The van der Waals surface area contributed by atoms with Gasteiger partial charge in [0.2, 0.25) is 18.5 Å². The zero-order valence-electron chi connectivity index (χ0n) is 18.0. The molecule has 0 bridgehead atoms. The molecule has 0 amide bonds. The van der Waals surface area contributed by atoms with E-state index in [1.807, 2.05) is 31.2 Å². The minimum Gasteiger partial charge on any atom is -0.493 e. The van der Waals surface area contributed by atoms with Crippen molar-refractivity contribution in [2.24, 2.45) is 0 Å². The summed E-state index contributed by atoms with van der Waals surface area (Å²) in [6.07, 6.45) is 0. The van der Waals surface area contributed by atoms with Gasteiger partial charge >= 0.3 is 0 Å². The Morgan fingerprint density at radius 3 is 2.70 bits per heavy atom. The fourth-order valence-corrected chi connectivity index (χ4v) is 3.42. The standard InChI is InChI=1S/C23H20N4O6/c1-3-30-17-8-5-15(11-19(17)29-2)23-24-21(33-26-23)12-27-22(28)9-6-16(25-27)14-4-7-18-20(10-14)32-13-31-18/h4-11H,3,12-13H2,1-2H3. The summed E-state index contributed by atoms with van der Waals surface area (Å²) in [7, 11) is 1.56. The topological polar surface area (TPSA) is 111 Å². The van der Waals surface area contributed by atoms with Crippen LogP contribution in [0.1, 0.15) is 12.8 Å². The van der Waals surface area contributed by atoms with Crippen LogP contribution in [0.4, 0.5) is 0 Å². The Morgan fingerprint density at radius 2 is 1.85 bits per heavy atom. The fraction of sp³-hybridized carbons (Fsp3) is 0.217. The predicted octanol–water partition coefficient (Wildman–Crippen LogP) is 3.14. The Labute approximate surface area is 188 Å². The first-order chi connectivity index (χ1) is 16.1. The molecule has 0 atom stereocenters. The number of hydrogen-bond acceptors (Lipinski definition) is 9. The van der Waals surface area contributed by atoms with E-state index in [0.29, 0.717) is 46.7 Å². The third-order valence-corrected chi connectivity index (χ3v) is 5.01. The molecule has 0 fully saturated rings. The first kappa shape index (κ1) is 20.6. The number of ether oxygens (including phenoxy) is 4. The van der Waals surface area contributed by atoms with Crippen LogP contribution in [0.25, 0.3) is 22.6 Å². The van der Waals surface area contributed by atoms with Gasteiger partial charge in [0, 0.05) is 17.2 Å². The molecule has 168 valence electrons. The number of rotatable bonds is 7. The number of benzene rings is 2. The summed E-state index contributed by atoms with van der Waals surface area (Å²) < 4.78 is 28.3. The summed E-state index contributed by atoms with van der Waals surface area (Å²) in [5.74, 6) is 3.12. The average Bonchev–Trinajstić information content (AvgIpc) is 3.50. The Kier molecular flexibility index (Phi) is 5.39. The lowest BCUT2D eigenvalue weighted by Gasteiger charge is -2.09. The highest BCUT2D eigenvalue weighted by atomic mass is 16.7. The lowest BCUT2D eigenvalue weighted by Crippen LogP contribution is -2.23. The molecule has 0 aliphatic carbocycles. The lowest BCUT2D eigenvalue weighted by atomic mass is 10.1. The molecule has 2 aromatic heterocycles. The maximum Gasteiger partial charge on any atom is 0.267 e. The number of fused-ring (bicyclic) bond motifs is 1. The minimum atomic E-state index is -0.290. The monoisotopic (exact) mass is 448 g/mol. The Balaban J connectivity index is 1.40. The molecule has 2 aromatic carbocycles. The molecule has 10 nitrogen and oxygen atoms in total. The molecular formula is C23H20N4O6. The van der Waals surface area contributed by atoms with E-state index in [1.165, 1.54) is 10.7 Å². The Bertz CT molecular complexity index is 1360. The summed E-state index contributed by atoms with van der Waals surface area (Å²) in [5.41, 5.74) is 1.80. The third-order valence-electron chi connectivity index (χ3n) is 5.01. The summed E-state index contributed by atoms with van der Waals surface area (Å²) in [4.78, 5) is 16.8. The lowest BCUT2D eigenvalue weighted by molar-refractivity contribution is 0.174. The van der Waals surface area contributed by atoms with Crippen LogP contribution in [0, 0.1) is 0 Å². The minimum absolute atomic E-state index is 0.0262. The molecule has 0 N–H and O–H groups in total. The highest BCUT2D eigenvalue weighted by Gasteiger charge is 2.16. The van der Waals surface area contributed by atoms with Crippen molar-refractivity contribution in [3.05, 3.63) is 64.8 Å². The smallest absolute Gasteiger partial charge is 0.267 e. The van der Waals surface area contributed by atoms with Crippen LogP contribution in [-0.2, 0) is 6.54 Å². The van der Waals surface area contributed by atoms with Gasteiger partial charge in [0.15, 0.2) is 23.0 Å². The second kappa shape index (κ2) is 8.65. The van der Waals surface area contributed by atoms with Gasteiger partial charge in [-0.3, -0.25) is 4.79 Å². The largest absolute Gasteiger partial charge is 0.493 e. The molecule has 0 saturated heterocycles. The first-order valence-electron chi connectivity index (χ1n) is 10.3. The summed E-state index contributed by atoms with van der Waals surface area (Å²) in [6.45, 7) is 2.63. The zero-order valence-corrected chi connectivity index (χ0v) is 18.0. The van der Waals surface area contributed by atoms with Crippen LogP contribution >= 0.6 is 0 Å². The molecule has 3 heterocycles. The molecule has 5 rings (SSSR count). The SMILES string of the molecule is CCOc1ccc(-c2noc(Cn3nc(-c4ccc5c(c4)OCO5)ccc3=O)n2)cc1OC. The van der Waals surface area contributed by atoms with Gasteiger partial charge in [0.05, 0.1) is 19.4 Å². The second-order valence-corrected chi connectivity index (χ2v) is 7.09. The van der Waals surface area contributed by atoms with E-state index in [-0.39, 0.29) is 24.8 Å². The molecule has 1 aliphatic rings. The maximum absolute atomic E-state index is 12.4. The van der Waals surface area contributed by atoms with Gasteiger partial charge in [-0.1, -0.05) is 5.16 Å². The average molecular weight is 448 g/mol. The van der Waals surface area contributed by atoms with Crippen molar-refractivity contribution in [3.63, 3.8) is 0 Å². The van der Waals surface area contributed by atoms with Crippen LogP contribution < -0.4 is 24.5 Å².